The SMILES string of the molecule is CCC1OC(OC2C(CO)OC(OC3C(C)OC(OC4COC(OC)C(O)C4O)C(O)C3O)C(O)C2O)C(O)C(O)C1C. The van der Waals surface area contributed by atoms with Crippen LogP contribution >= 0.6 is 0 Å². The second kappa shape index (κ2) is 14.8. The number of rotatable bonds is 9. The molecular formula is C26H46O17. The van der Waals surface area contributed by atoms with E-state index in [2.05, 4.69) is 0 Å². The molecule has 17 nitrogen and oxygen atoms in total. The monoisotopic (exact) mass is 630 g/mol. The first-order chi connectivity index (χ1) is 20.3. The van der Waals surface area contributed by atoms with E-state index < -0.39 is 123 Å². The lowest BCUT2D eigenvalue weighted by Gasteiger charge is -2.48. The highest BCUT2D eigenvalue weighted by Crippen LogP contribution is 2.34. The fourth-order valence-corrected chi connectivity index (χ4v) is 5.87. The van der Waals surface area contributed by atoms with Gasteiger partial charge in [0.25, 0.3) is 0 Å². The Morgan fingerprint density at radius 2 is 1.12 bits per heavy atom. The van der Waals surface area contributed by atoms with Crippen molar-refractivity contribution in [2.45, 2.75) is 138 Å². The fraction of sp³-hybridized carbons (Fsp3) is 1.00. The molecule has 0 radical (unpaired) electrons. The Balaban J connectivity index is 1.38. The summed E-state index contributed by atoms with van der Waals surface area (Å²) in [6.45, 7) is 4.09. The lowest BCUT2D eigenvalue weighted by Crippen LogP contribution is -2.66. The Morgan fingerprint density at radius 1 is 0.605 bits per heavy atom. The second-order valence-corrected chi connectivity index (χ2v) is 11.5. The van der Waals surface area contributed by atoms with Gasteiger partial charge < -0.3 is 83.9 Å². The van der Waals surface area contributed by atoms with E-state index in [0.29, 0.717) is 6.42 Å². The zero-order valence-electron chi connectivity index (χ0n) is 24.4. The van der Waals surface area contributed by atoms with Crippen LogP contribution in [0.5, 0.6) is 0 Å². The maximum atomic E-state index is 10.9. The Bertz CT molecular complexity index is 866. The number of methoxy groups -OCH3 is 1. The summed E-state index contributed by atoms with van der Waals surface area (Å²) < 4.78 is 44.4. The van der Waals surface area contributed by atoms with E-state index in [-0.39, 0.29) is 6.61 Å². The van der Waals surface area contributed by atoms with E-state index in [0.717, 1.165) is 0 Å². The smallest absolute Gasteiger partial charge is 0.187 e. The van der Waals surface area contributed by atoms with Crippen LogP contribution in [0.3, 0.4) is 0 Å². The molecule has 4 aliphatic rings. The highest BCUT2D eigenvalue weighted by molar-refractivity contribution is 4.96. The molecule has 0 aliphatic carbocycles. The van der Waals surface area contributed by atoms with Gasteiger partial charge in [-0.1, -0.05) is 13.8 Å². The summed E-state index contributed by atoms with van der Waals surface area (Å²) in [6, 6.07) is 0. The molecule has 0 aromatic carbocycles. The summed E-state index contributed by atoms with van der Waals surface area (Å²) in [6.07, 6.45) is -24.2. The van der Waals surface area contributed by atoms with Crippen LogP contribution in [0.1, 0.15) is 27.2 Å². The van der Waals surface area contributed by atoms with Gasteiger partial charge in [0.2, 0.25) is 0 Å². The summed E-state index contributed by atoms with van der Waals surface area (Å²) in [5.74, 6) is -0.397. The van der Waals surface area contributed by atoms with E-state index in [1.165, 1.54) is 14.0 Å². The van der Waals surface area contributed by atoms with Gasteiger partial charge in [0.1, 0.15) is 67.1 Å². The van der Waals surface area contributed by atoms with E-state index in [9.17, 15) is 46.0 Å². The van der Waals surface area contributed by atoms with Crippen LogP contribution in [0.15, 0.2) is 0 Å². The zero-order chi connectivity index (χ0) is 31.7. The van der Waals surface area contributed by atoms with Gasteiger partial charge in [-0.2, -0.15) is 0 Å². The molecule has 19 unspecified atom stereocenters. The molecule has 4 aliphatic heterocycles. The third-order valence-electron chi connectivity index (χ3n) is 8.62. The predicted molar refractivity (Wildman–Crippen MR) is 138 cm³/mol. The van der Waals surface area contributed by atoms with Crippen molar-refractivity contribution in [1.29, 1.82) is 0 Å². The lowest BCUT2D eigenvalue weighted by molar-refractivity contribution is -0.380. The first kappa shape index (κ1) is 35.2. The molecule has 0 bridgehead atoms. The molecule has 4 saturated heterocycles. The van der Waals surface area contributed by atoms with Gasteiger partial charge >= 0.3 is 0 Å². The molecule has 19 atom stereocenters. The molecule has 43 heavy (non-hydrogen) atoms. The standard InChI is InChI=1S/C26H46O17/c1-5-10-8(2)13(28)17(32)25(39-10)43-22-11(6-27)40-26(20(35)16(22)31)42-21-9(3)38-24(19(34)15(21)30)41-12-7-37-23(36-4)18(33)14(12)29/h8-35H,5-7H2,1-4H3. The Labute approximate surface area is 248 Å². The van der Waals surface area contributed by atoms with E-state index in [4.69, 9.17) is 37.9 Å². The van der Waals surface area contributed by atoms with Crippen molar-refractivity contribution in [2.75, 3.05) is 20.3 Å². The number of hydrogen-bond acceptors (Lipinski definition) is 17. The summed E-state index contributed by atoms with van der Waals surface area (Å²) in [5, 5.41) is 94.7. The topological polar surface area (TPSA) is 256 Å². The number of aliphatic hydroxyl groups excluding tert-OH is 9. The maximum Gasteiger partial charge on any atom is 0.187 e. The third-order valence-corrected chi connectivity index (χ3v) is 8.62. The van der Waals surface area contributed by atoms with E-state index in [1.54, 1.807) is 6.92 Å². The fourth-order valence-electron chi connectivity index (χ4n) is 5.87. The molecule has 4 fully saturated rings. The molecule has 4 heterocycles. The molecule has 0 saturated carbocycles. The molecule has 0 aromatic heterocycles. The Kier molecular flexibility index (Phi) is 12.1. The normalized spacial score (nSPS) is 53.1. The van der Waals surface area contributed by atoms with E-state index in [1.807, 2.05) is 6.92 Å². The second-order valence-electron chi connectivity index (χ2n) is 11.5. The van der Waals surface area contributed by atoms with Crippen molar-refractivity contribution < 1.29 is 83.9 Å². The molecule has 0 spiro atoms. The number of ether oxygens (including phenoxy) is 8. The molecule has 9 N–H and O–H groups in total. The minimum atomic E-state index is -1.80. The van der Waals surface area contributed by atoms with Crippen molar-refractivity contribution in [3.8, 4) is 0 Å². The van der Waals surface area contributed by atoms with Gasteiger partial charge in [-0.25, -0.2) is 0 Å². The van der Waals surface area contributed by atoms with Gasteiger partial charge in [0, 0.05) is 13.0 Å². The molecular weight excluding hydrogens is 584 g/mol. The highest BCUT2D eigenvalue weighted by atomic mass is 16.8. The van der Waals surface area contributed by atoms with Gasteiger partial charge in [-0.3, -0.25) is 0 Å². The third kappa shape index (κ3) is 7.18. The van der Waals surface area contributed by atoms with E-state index >= 15 is 0 Å². The van der Waals surface area contributed by atoms with Crippen LogP contribution in [0.25, 0.3) is 0 Å². The van der Waals surface area contributed by atoms with Crippen LogP contribution in [-0.2, 0) is 37.9 Å². The molecule has 0 amide bonds. The van der Waals surface area contributed by atoms with Crippen LogP contribution in [0.2, 0.25) is 0 Å². The number of hydrogen-bond donors (Lipinski definition) is 9. The summed E-state index contributed by atoms with van der Waals surface area (Å²) in [4.78, 5) is 0. The van der Waals surface area contributed by atoms with Crippen molar-refractivity contribution in [1.82, 2.24) is 0 Å². The van der Waals surface area contributed by atoms with Crippen molar-refractivity contribution in [3.05, 3.63) is 0 Å². The summed E-state index contributed by atoms with van der Waals surface area (Å²) in [7, 11) is 1.29. The largest absolute Gasteiger partial charge is 0.394 e. The predicted octanol–water partition coefficient (Wildman–Crippen LogP) is -4.74. The maximum absolute atomic E-state index is 10.9. The Morgan fingerprint density at radius 3 is 1.70 bits per heavy atom. The number of aliphatic hydroxyl groups is 9. The summed E-state index contributed by atoms with van der Waals surface area (Å²) >= 11 is 0. The molecule has 4 rings (SSSR count). The van der Waals surface area contributed by atoms with Gasteiger partial charge in [-0.15, -0.1) is 0 Å². The van der Waals surface area contributed by atoms with Gasteiger partial charge in [0.15, 0.2) is 25.2 Å². The van der Waals surface area contributed by atoms with Crippen LogP contribution < -0.4 is 0 Å². The van der Waals surface area contributed by atoms with Gasteiger partial charge in [-0.05, 0) is 13.3 Å². The van der Waals surface area contributed by atoms with Crippen LogP contribution in [-0.4, -0.2) is 177 Å². The van der Waals surface area contributed by atoms with Crippen molar-refractivity contribution in [3.63, 3.8) is 0 Å². The minimum Gasteiger partial charge on any atom is -0.394 e. The van der Waals surface area contributed by atoms with Crippen molar-refractivity contribution >= 4 is 0 Å². The van der Waals surface area contributed by atoms with Gasteiger partial charge in [0.05, 0.1) is 31.5 Å². The van der Waals surface area contributed by atoms with Crippen molar-refractivity contribution in [2.24, 2.45) is 5.92 Å². The first-order valence-corrected chi connectivity index (χ1v) is 14.5. The molecule has 0 aromatic rings. The average Bonchev–Trinajstić information content (AvgIpc) is 2.99. The highest BCUT2D eigenvalue weighted by Gasteiger charge is 2.53. The first-order valence-electron chi connectivity index (χ1n) is 14.5. The van der Waals surface area contributed by atoms with Crippen LogP contribution in [0, 0.1) is 5.92 Å². The Hall–Kier alpha value is -0.680. The molecule has 252 valence electrons. The lowest BCUT2D eigenvalue weighted by atomic mass is 9.89. The van der Waals surface area contributed by atoms with Crippen LogP contribution in [0.4, 0.5) is 0 Å². The zero-order valence-corrected chi connectivity index (χ0v) is 24.4. The summed E-state index contributed by atoms with van der Waals surface area (Å²) in [5.41, 5.74) is 0. The minimum absolute atomic E-state index is 0.209. The average molecular weight is 631 g/mol. The quantitative estimate of drug-likeness (QED) is 0.116. The molecule has 17 heteroatoms.